The molecule has 0 atom stereocenters. The quantitative estimate of drug-likeness (QED) is 0.295. The number of carbonyl (C=O) groups is 2. The summed E-state index contributed by atoms with van der Waals surface area (Å²) in [5, 5.41) is 0. The molecular formula is C32H27N5O3. The van der Waals surface area contributed by atoms with Crippen LogP contribution in [0.15, 0.2) is 91.1 Å². The number of fused-ring (bicyclic) bond motifs is 2. The summed E-state index contributed by atoms with van der Waals surface area (Å²) in [5.41, 5.74) is 12.1. The maximum atomic E-state index is 12.6. The molecule has 0 spiro atoms. The van der Waals surface area contributed by atoms with Crippen molar-refractivity contribution in [2.24, 2.45) is 5.73 Å². The van der Waals surface area contributed by atoms with Gasteiger partial charge in [0.15, 0.2) is 0 Å². The lowest BCUT2D eigenvalue weighted by atomic mass is 9.72. The number of carbonyl (C=O) groups excluding carboxylic acids is 2. The average Bonchev–Trinajstić information content (AvgIpc) is 3.47. The molecule has 1 fully saturated rings. The molecule has 40 heavy (non-hydrogen) atoms. The largest absolute Gasteiger partial charge is 0.476 e. The standard InChI is InChI=1S/C32H27N5O3/c33-32(16-6-17-32)23-13-11-21(12-14-23)27-28(22-7-2-1-3-8-22)36-18-15-26(34-31(36)35-27)40-20-19-37-29(38)24-9-4-5-10-25(24)30(37)39/h1-5,7-15,18H,6,16-17,19-20,33H2. The van der Waals surface area contributed by atoms with E-state index in [0.717, 1.165) is 47.3 Å². The molecular weight excluding hydrogens is 502 g/mol. The summed E-state index contributed by atoms with van der Waals surface area (Å²) in [4.78, 5) is 36.1. The molecule has 2 amide bonds. The third-order valence-electron chi connectivity index (χ3n) is 7.94. The van der Waals surface area contributed by atoms with E-state index >= 15 is 0 Å². The zero-order chi connectivity index (χ0) is 27.3. The minimum Gasteiger partial charge on any atom is -0.476 e. The third kappa shape index (κ3) is 3.96. The van der Waals surface area contributed by atoms with Crippen LogP contribution in [-0.4, -0.2) is 44.2 Å². The maximum absolute atomic E-state index is 12.6. The molecule has 8 heteroatoms. The molecule has 1 saturated carbocycles. The summed E-state index contributed by atoms with van der Waals surface area (Å²) in [7, 11) is 0. The lowest BCUT2D eigenvalue weighted by Crippen LogP contribution is -2.43. The highest BCUT2D eigenvalue weighted by Crippen LogP contribution is 2.40. The monoisotopic (exact) mass is 529 g/mol. The molecule has 0 unspecified atom stereocenters. The van der Waals surface area contributed by atoms with Crippen LogP contribution in [0.25, 0.3) is 28.3 Å². The molecule has 2 N–H and O–H groups in total. The van der Waals surface area contributed by atoms with Crippen LogP contribution in [0.4, 0.5) is 0 Å². The molecule has 1 aliphatic heterocycles. The van der Waals surface area contributed by atoms with Crippen LogP contribution in [0, 0.1) is 0 Å². The number of amides is 2. The fourth-order valence-electron chi connectivity index (χ4n) is 5.56. The van der Waals surface area contributed by atoms with Crippen LogP contribution in [0.1, 0.15) is 45.5 Å². The third-order valence-corrected chi connectivity index (χ3v) is 7.94. The molecule has 5 aromatic rings. The van der Waals surface area contributed by atoms with Gasteiger partial charge in [0.25, 0.3) is 11.8 Å². The van der Waals surface area contributed by atoms with Crippen molar-refractivity contribution in [2.45, 2.75) is 24.8 Å². The second-order valence-electron chi connectivity index (χ2n) is 10.4. The summed E-state index contributed by atoms with van der Waals surface area (Å²) in [6.45, 7) is 0.249. The first-order valence-electron chi connectivity index (χ1n) is 13.4. The molecule has 198 valence electrons. The van der Waals surface area contributed by atoms with E-state index in [-0.39, 0.29) is 30.5 Å². The highest BCUT2D eigenvalue weighted by molar-refractivity contribution is 6.21. The van der Waals surface area contributed by atoms with Gasteiger partial charge in [-0.05, 0) is 37.0 Å². The Balaban J connectivity index is 1.16. The minimum atomic E-state index is -0.304. The fourth-order valence-corrected chi connectivity index (χ4v) is 5.56. The minimum absolute atomic E-state index is 0.121. The van der Waals surface area contributed by atoms with E-state index in [0.29, 0.717) is 22.8 Å². The molecule has 2 aromatic heterocycles. The molecule has 7 rings (SSSR count). The van der Waals surface area contributed by atoms with E-state index in [4.69, 9.17) is 15.5 Å². The Bertz CT molecular complexity index is 1720. The Kier molecular flexibility index (Phi) is 5.71. The summed E-state index contributed by atoms with van der Waals surface area (Å²) >= 11 is 0. The van der Waals surface area contributed by atoms with Crippen LogP contribution in [0.3, 0.4) is 0 Å². The SMILES string of the molecule is NC1(c2ccc(-c3nc4nc(OCCN5C(=O)c6ccccc6C5=O)ccn4c3-c3ccccc3)cc2)CCC1. The van der Waals surface area contributed by atoms with Crippen molar-refractivity contribution < 1.29 is 14.3 Å². The summed E-state index contributed by atoms with van der Waals surface area (Å²) in [5.74, 6) is 0.250. The van der Waals surface area contributed by atoms with E-state index < -0.39 is 0 Å². The second kappa shape index (κ2) is 9.43. The lowest BCUT2D eigenvalue weighted by molar-refractivity contribution is 0.0630. The highest BCUT2D eigenvalue weighted by atomic mass is 16.5. The molecule has 2 aliphatic rings. The first kappa shape index (κ1) is 24.2. The van der Waals surface area contributed by atoms with Gasteiger partial charge in [-0.2, -0.15) is 4.98 Å². The Hall–Kier alpha value is -4.82. The molecule has 1 aliphatic carbocycles. The Morgan fingerprint density at radius 2 is 1.48 bits per heavy atom. The number of aromatic nitrogens is 3. The smallest absolute Gasteiger partial charge is 0.261 e. The van der Waals surface area contributed by atoms with Crippen molar-refractivity contribution in [1.82, 2.24) is 19.3 Å². The normalized spacial score (nSPS) is 15.8. The van der Waals surface area contributed by atoms with Crippen LogP contribution < -0.4 is 10.5 Å². The van der Waals surface area contributed by atoms with Crippen molar-refractivity contribution in [3.8, 4) is 28.4 Å². The zero-order valence-corrected chi connectivity index (χ0v) is 21.8. The van der Waals surface area contributed by atoms with Crippen LogP contribution >= 0.6 is 0 Å². The van der Waals surface area contributed by atoms with E-state index in [1.807, 2.05) is 28.8 Å². The summed E-state index contributed by atoms with van der Waals surface area (Å²) in [6, 6.07) is 27.1. The Labute approximate surface area is 231 Å². The molecule has 8 nitrogen and oxygen atoms in total. The summed E-state index contributed by atoms with van der Waals surface area (Å²) in [6.07, 6.45) is 5.07. The van der Waals surface area contributed by atoms with Gasteiger partial charge in [0.05, 0.1) is 29.1 Å². The fraction of sp³-hybridized carbons (Fsp3) is 0.188. The maximum Gasteiger partial charge on any atom is 0.261 e. The Morgan fingerprint density at radius 1 is 0.800 bits per heavy atom. The van der Waals surface area contributed by atoms with Gasteiger partial charge in [-0.15, -0.1) is 0 Å². The van der Waals surface area contributed by atoms with Gasteiger partial charge >= 0.3 is 0 Å². The Morgan fingerprint density at radius 3 is 2.12 bits per heavy atom. The van der Waals surface area contributed by atoms with Gasteiger partial charge < -0.3 is 10.5 Å². The lowest BCUT2D eigenvalue weighted by Gasteiger charge is -2.38. The number of rotatable bonds is 7. The van der Waals surface area contributed by atoms with E-state index in [1.165, 1.54) is 4.90 Å². The first-order chi connectivity index (χ1) is 19.5. The van der Waals surface area contributed by atoms with Gasteiger partial charge in [-0.25, -0.2) is 4.98 Å². The number of ether oxygens (including phenoxy) is 1. The number of benzene rings is 3. The van der Waals surface area contributed by atoms with Gasteiger partial charge in [0.2, 0.25) is 11.7 Å². The number of hydrogen-bond donors (Lipinski definition) is 1. The van der Waals surface area contributed by atoms with Crippen molar-refractivity contribution in [3.05, 3.63) is 108 Å². The highest BCUT2D eigenvalue weighted by Gasteiger charge is 2.35. The van der Waals surface area contributed by atoms with Gasteiger partial charge in [0, 0.05) is 28.9 Å². The molecule has 0 bridgehead atoms. The average molecular weight is 530 g/mol. The van der Waals surface area contributed by atoms with E-state index in [2.05, 4.69) is 41.4 Å². The van der Waals surface area contributed by atoms with Crippen LogP contribution in [0.5, 0.6) is 5.88 Å². The van der Waals surface area contributed by atoms with Crippen molar-refractivity contribution >= 4 is 17.6 Å². The predicted octanol–water partition coefficient (Wildman–Crippen LogP) is 5.08. The van der Waals surface area contributed by atoms with Crippen molar-refractivity contribution in [1.29, 1.82) is 0 Å². The number of imidazole rings is 1. The van der Waals surface area contributed by atoms with Gasteiger partial charge in [0.1, 0.15) is 6.61 Å². The van der Waals surface area contributed by atoms with E-state index in [1.54, 1.807) is 30.3 Å². The van der Waals surface area contributed by atoms with E-state index in [9.17, 15) is 9.59 Å². The summed E-state index contributed by atoms with van der Waals surface area (Å²) < 4.78 is 7.83. The number of imide groups is 1. The van der Waals surface area contributed by atoms with Crippen LogP contribution in [0.2, 0.25) is 0 Å². The number of hydrogen-bond acceptors (Lipinski definition) is 6. The topological polar surface area (TPSA) is 103 Å². The second-order valence-corrected chi connectivity index (χ2v) is 10.4. The van der Waals surface area contributed by atoms with Crippen molar-refractivity contribution in [3.63, 3.8) is 0 Å². The predicted molar refractivity (Wildman–Crippen MR) is 151 cm³/mol. The van der Waals surface area contributed by atoms with Crippen molar-refractivity contribution in [2.75, 3.05) is 13.2 Å². The molecule has 0 saturated heterocycles. The number of nitrogens with zero attached hydrogens (tertiary/aromatic N) is 4. The van der Waals surface area contributed by atoms with Gasteiger partial charge in [-0.1, -0.05) is 66.7 Å². The zero-order valence-electron chi connectivity index (χ0n) is 21.8. The number of nitrogens with two attached hydrogens (primary N) is 1. The molecule has 3 heterocycles. The van der Waals surface area contributed by atoms with Gasteiger partial charge in [-0.3, -0.25) is 18.9 Å². The molecule has 0 radical (unpaired) electrons. The first-order valence-corrected chi connectivity index (χ1v) is 13.4. The van der Waals surface area contributed by atoms with Crippen LogP contribution in [-0.2, 0) is 5.54 Å². The molecule has 3 aromatic carbocycles.